The Morgan fingerprint density at radius 2 is 1.36 bits per heavy atom. The first-order valence-corrected chi connectivity index (χ1v) is 16.4. The molecule has 8 aromatic rings. The van der Waals surface area contributed by atoms with E-state index in [2.05, 4.69) is 146 Å². The van der Waals surface area contributed by atoms with Crippen molar-refractivity contribution in [2.75, 3.05) is 0 Å². The van der Waals surface area contributed by atoms with Crippen LogP contribution in [0.5, 0.6) is 0 Å². The van der Waals surface area contributed by atoms with Gasteiger partial charge in [0.1, 0.15) is 0 Å². The van der Waals surface area contributed by atoms with Crippen molar-refractivity contribution in [2.24, 2.45) is 0 Å². The molecule has 0 radical (unpaired) electrons. The molecule has 210 valence electrons. The lowest BCUT2D eigenvalue weighted by atomic mass is 9.85. The first kappa shape index (κ1) is 25.6. The van der Waals surface area contributed by atoms with Crippen LogP contribution in [0.3, 0.4) is 0 Å². The lowest BCUT2D eigenvalue weighted by molar-refractivity contribution is 0.973. The van der Waals surface area contributed by atoms with Gasteiger partial charge in [-0.05, 0) is 83.5 Å². The maximum atomic E-state index is 2.59. The van der Waals surface area contributed by atoms with Gasteiger partial charge in [0.15, 0.2) is 0 Å². The number of nitrogens with zero attached hydrogens (tertiary/aromatic N) is 1. The Morgan fingerprint density at radius 1 is 0.682 bits per heavy atom. The maximum absolute atomic E-state index is 2.59. The second-order valence-electron chi connectivity index (χ2n) is 11.9. The minimum atomic E-state index is 1.08. The van der Waals surface area contributed by atoms with Crippen molar-refractivity contribution >= 4 is 76.2 Å². The van der Waals surface area contributed by atoms with E-state index in [-0.39, 0.29) is 0 Å². The van der Waals surface area contributed by atoms with Gasteiger partial charge in [-0.15, -0.1) is 11.3 Å². The molecule has 0 saturated heterocycles. The topological polar surface area (TPSA) is 4.93 Å². The Balaban J connectivity index is 1.55. The molecule has 0 saturated carbocycles. The van der Waals surface area contributed by atoms with Gasteiger partial charge < -0.3 is 4.57 Å². The molecular formula is C42H31NS. The summed E-state index contributed by atoms with van der Waals surface area (Å²) in [6, 6.07) is 37.9. The van der Waals surface area contributed by atoms with Gasteiger partial charge in [0, 0.05) is 37.5 Å². The number of benzene rings is 6. The molecule has 0 spiro atoms. The van der Waals surface area contributed by atoms with Gasteiger partial charge in [-0.1, -0.05) is 109 Å². The van der Waals surface area contributed by atoms with Crippen LogP contribution >= 0.6 is 11.3 Å². The van der Waals surface area contributed by atoms with Crippen LogP contribution in [0, 0.1) is 6.92 Å². The highest BCUT2D eigenvalue weighted by atomic mass is 32.1. The molecule has 1 aliphatic rings. The second kappa shape index (κ2) is 9.80. The third kappa shape index (κ3) is 3.52. The van der Waals surface area contributed by atoms with E-state index >= 15 is 0 Å². The molecule has 0 N–H and O–H groups in total. The number of hydrogen-bond acceptors (Lipinski definition) is 1. The van der Waals surface area contributed by atoms with Gasteiger partial charge in [-0.25, -0.2) is 0 Å². The van der Waals surface area contributed by atoms with Crippen molar-refractivity contribution in [3.05, 3.63) is 138 Å². The van der Waals surface area contributed by atoms with E-state index in [1.807, 2.05) is 11.3 Å². The summed E-state index contributed by atoms with van der Waals surface area (Å²) in [6.07, 6.45) is 11.5. The highest BCUT2D eigenvalue weighted by molar-refractivity contribution is 7.27. The van der Waals surface area contributed by atoms with Crippen LogP contribution in [-0.2, 0) is 6.42 Å². The van der Waals surface area contributed by atoms with Crippen molar-refractivity contribution in [3.63, 3.8) is 0 Å². The summed E-state index contributed by atoms with van der Waals surface area (Å²) in [5.41, 5.74) is 11.9. The number of allylic oxidation sites excluding steroid dienone is 2. The quantitative estimate of drug-likeness (QED) is 0.196. The number of hydrogen-bond donors (Lipinski definition) is 0. The zero-order valence-corrected chi connectivity index (χ0v) is 25.7. The Morgan fingerprint density at radius 3 is 2.14 bits per heavy atom. The van der Waals surface area contributed by atoms with Crippen LogP contribution in [0.1, 0.15) is 35.6 Å². The maximum Gasteiger partial charge on any atom is 0.0726 e. The average Bonchev–Trinajstić information content (AvgIpc) is 3.65. The summed E-state index contributed by atoms with van der Waals surface area (Å²) in [4.78, 5) is 0. The molecule has 0 unspecified atom stereocenters. The average molecular weight is 582 g/mol. The summed E-state index contributed by atoms with van der Waals surface area (Å²) >= 11 is 1.93. The van der Waals surface area contributed by atoms with Crippen LogP contribution in [0.15, 0.2) is 115 Å². The summed E-state index contributed by atoms with van der Waals surface area (Å²) in [5.74, 6) is 0. The normalized spacial score (nSPS) is 13.3. The highest BCUT2D eigenvalue weighted by Gasteiger charge is 2.27. The Labute approximate surface area is 261 Å². The first-order valence-electron chi connectivity index (χ1n) is 15.5. The third-order valence-corrected chi connectivity index (χ3v) is 10.7. The largest absolute Gasteiger partial charge is 0.307 e. The fourth-order valence-corrected chi connectivity index (χ4v) is 8.91. The fourth-order valence-electron chi connectivity index (χ4n) is 7.66. The van der Waals surface area contributed by atoms with Gasteiger partial charge in [0.2, 0.25) is 0 Å². The Bertz CT molecular complexity index is 2480. The molecule has 0 amide bonds. The first-order chi connectivity index (χ1) is 21.7. The highest BCUT2D eigenvalue weighted by Crippen LogP contribution is 2.50. The molecular weight excluding hydrogens is 551 g/mol. The molecule has 9 rings (SSSR count). The number of fused-ring (bicyclic) bond motifs is 12. The number of thiophene rings is 1. The molecule has 0 aliphatic heterocycles. The molecule has 0 atom stereocenters. The molecule has 0 fully saturated rings. The monoisotopic (exact) mass is 581 g/mol. The van der Waals surface area contributed by atoms with Gasteiger partial charge in [0.25, 0.3) is 0 Å². The van der Waals surface area contributed by atoms with Gasteiger partial charge >= 0.3 is 0 Å². The van der Waals surface area contributed by atoms with Crippen molar-refractivity contribution in [1.29, 1.82) is 0 Å². The second-order valence-corrected chi connectivity index (χ2v) is 13.0. The zero-order valence-electron chi connectivity index (χ0n) is 24.9. The third-order valence-electron chi connectivity index (χ3n) is 9.56. The van der Waals surface area contributed by atoms with Crippen LogP contribution in [0.2, 0.25) is 0 Å². The minimum absolute atomic E-state index is 1.08. The lowest BCUT2D eigenvalue weighted by Gasteiger charge is -2.20. The zero-order chi connectivity index (χ0) is 29.4. The minimum Gasteiger partial charge on any atom is -0.307 e. The predicted molar refractivity (Wildman–Crippen MR) is 193 cm³/mol. The van der Waals surface area contributed by atoms with Crippen molar-refractivity contribution in [2.45, 2.75) is 26.7 Å². The van der Waals surface area contributed by atoms with Gasteiger partial charge in [-0.3, -0.25) is 0 Å². The van der Waals surface area contributed by atoms with Gasteiger partial charge in [0.05, 0.1) is 15.7 Å². The van der Waals surface area contributed by atoms with E-state index in [9.17, 15) is 0 Å². The van der Waals surface area contributed by atoms with Crippen molar-refractivity contribution < 1.29 is 0 Å². The Kier molecular flexibility index (Phi) is 5.70. The van der Waals surface area contributed by atoms with E-state index < -0.39 is 0 Å². The van der Waals surface area contributed by atoms with Crippen LogP contribution < -0.4 is 0 Å². The molecule has 0 bridgehead atoms. The van der Waals surface area contributed by atoms with Crippen LogP contribution in [-0.4, -0.2) is 4.57 Å². The molecule has 2 heterocycles. The smallest absolute Gasteiger partial charge is 0.0726 e. The molecule has 1 nitrogen and oxygen atoms in total. The van der Waals surface area contributed by atoms with E-state index in [4.69, 9.17) is 0 Å². The number of rotatable bonds is 3. The standard InChI is InChI=1S/C42H31NS/c1-3-13-31-26(2)30-16-7-8-17-32(30)38-39-34-19-10-9-18-33(34)37-35-20-11-12-21-36(35)44-42(37)41(39)43(40(31)38)29-24-22-28(23-25-29)27-14-5-4-6-15-27/h3-6,8-15,17-25H,7,16H2,1-2H3/b13-3-. The van der Waals surface area contributed by atoms with Crippen LogP contribution in [0.25, 0.3) is 81.7 Å². The van der Waals surface area contributed by atoms with Crippen molar-refractivity contribution in [1.82, 2.24) is 4.57 Å². The Hall–Kier alpha value is -4.92. The summed E-state index contributed by atoms with van der Waals surface area (Å²) in [7, 11) is 0. The van der Waals surface area contributed by atoms with E-state index in [1.165, 1.54) is 91.8 Å². The summed E-state index contributed by atoms with van der Waals surface area (Å²) in [6.45, 7) is 4.48. The van der Waals surface area contributed by atoms with E-state index in [1.54, 1.807) is 0 Å². The molecule has 44 heavy (non-hydrogen) atoms. The molecule has 2 aromatic heterocycles. The van der Waals surface area contributed by atoms with E-state index in [0.717, 1.165) is 12.8 Å². The van der Waals surface area contributed by atoms with E-state index in [0.29, 0.717) is 0 Å². The van der Waals surface area contributed by atoms with Gasteiger partial charge in [-0.2, -0.15) is 0 Å². The summed E-state index contributed by atoms with van der Waals surface area (Å²) < 4.78 is 5.29. The predicted octanol–water partition coefficient (Wildman–Crippen LogP) is 12.3. The summed E-state index contributed by atoms with van der Waals surface area (Å²) in [5, 5.41) is 8.14. The molecule has 1 aliphatic carbocycles. The SMILES string of the molecule is C/C=C\c1c(C)c2c(c3c4c5ccccc5c5c6ccccc6sc5c4n(-c4ccc(-c5ccccc5)cc4)c13)C=CCC2. The van der Waals surface area contributed by atoms with Crippen molar-refractivity contribution in [3.8, 4) is 16.8 Å². The molecule has 6 aromatic carbocycles. The van der Waals surface area contributed by atoms with Crippen LogP contribution in [0.4, 0.5) is 0 Å². The molecule has 2 heteroatoms. The lowest BCUT2D eigenvalue weighted by Crippen LogP contribution is -2.03. The fraction of sp³-hybridized carbons (Fsp3) is 0.0952. The number of aromatic nitrogens is 1.